The molecule has 1 fully saturated rings. The van der Waals surface area contributed by atoms with Crippen LogP contribution in [-0.2, 0) is 19.1 Å². The molecule has 1 atom stereocenters. The molecule has 0 spiro atoms. The van der Waals surface area contributed by atoms with Gasteiger partial charge in [0.15, 0.2) is 0 Å². The maximum absolute atomic E-state index is 11.2. The third kappa shape index (κ3) is 15.0. The Labute approximate surface area is 139 Å². The van der Waals surface area contributed by atoms with Crippen molar-refractivity contribution in [1.29, 1.82) is 0 Å². The van der Waals surface area contributed by atoms with Crippen LogP contribution >= 0.6 is 0 Å². The quantitative estimate of drug-likeness (QED) is 0.398. The number of nitrogens with one attached hydrogen (secondary N) is 1. The normalized spacial score (nSPS) is 15.0. The summed E-state index contributed by atoms with van der Waals surface area (Å²) in [4.78, 5) is 33.6. The topological polar surface area (TPSA) is 105 Å². The van der Waals surface area contributed by atoms with E-state index in [1.54, 1.807) is 7.05 Å². The van der Waals surface area contributed by atoms with Crippen molar-refractivity contribution >= 4 is 18.1 Å². The third-order valence-electron chi connectivity index (χ3n) is 2.84. The average molecular weight is 329 g/mol. The Morgan fingerprint density at radius 1 is 1.39 bits per heavy atom. The van der Waals surface area contributed by atoms with Crippen LogP contribution in [0.15, 0.2) is 12.2 Å². The van der Waals surface area contributed by atoms with Crippen molar-refractivity contribution in [2.75, 3.05) is 33.8 Å². The predicted octanol–water partition coefficient (Wildman–Crippen LogP) is 0.342. The lowest BCUT2D eigenvalue weighted by Gasteiger charge is -2.14. The minimum absolute atomic E-state index is 0.0866. The molecule has 3 N–H and O–H groups in total. The highest BCUT2D eigenvalue weighted by Gasteiger charge is 2.25. The van der Waals surface area contributed by atoms with Crippen LogP contribution in [0.25, 0.3) is 0 Å². The first-order valence-electron chi connectivity index (χ1n) is 7.75. The number of nitrogens with two attached hydrogens (primary N) is 1. The Balaban J connectivity index is 0. The molecule has 0 saturated carbocycles. The van der Waals surface area contributed by atoms with E-state index >= 15 is 0 Å². The molecule has 1 rings (SSSR count). The SMILES string of the molecule is CC(C)C1CO1.CCNC(=O)CCN(C)C(=O)/C=C\C=O.CN. The van der Waals surface area contributed by atoms with Gasteiger partial charge in [-0.05, 0) is 26.0 Å². The number of aldehydes is 1. The summed E-state index contributed by atoms with van der Waals surface area (Å²) in [6, 6.07) is 0. The van der Waals surface area contributed by atoms with Crippen molar-refractivity contribution in [2.45, 2.75) is 33.3 Å². The van der Waals surface area contributed by atoms with Crippen molar-refractivity contribution in [1.82, 2.24) is 10.2 Å². The number of epoxide rings is 1. The lowest BCUT2D eigenvalue weighted by molar-refractivity contribution is -0.126. The van der Waals surface area contributed by atoms with Gasteiger partial charge < -0.3 is 20.7 Å². The predicted molar refractivity (Wildman–Crippen MR) is 90.8 cm³/mol. The van der Waals surface area contributed by atoms with Gasteiger partial charge in [-0.3, -0.25) is 14.4 Å². The van der Waals surface area contributed by atoms with Crippen molar-refractivity contribution in [3.05, 3.63) is 12.2 Å². The van der Waals surface area contributed by atoms with Crippen molar-refractivity contribution in [3.8, 4) is 0 Å². The molecule has 1 aliphatic heterocycles. The first-order chi connectivity index (χ1) is 10.9. The van der Waals surface area contributed by atoms with E-state index in [0.29, 0.717) is 25.5 Å². The van der Waals surface area contributed by atoms with Gasteiger partial charge in [0.1, 0.15) is 6.29 Å². The maximum Gasteiger partial charge on any atom is 0.246 e. The standard InChI is InChI=1S/C10H16N2O3.C5H10O.CH5N/c1-3-11-9(14)6-7-12(2)10(15)5-4-8-13;1-4(2)5-3-6-5;1-2/h4-5,8H,3,6-7H2,1-2H3,(H,11,14);4-5H,3H2,1-2H3;2H2,1H3/b5-4-;;. The van der Waals surface area contributed by atoms with Crippen LogP contribution < -0.4 is 11.1 Å². The van der Waals surface area contributed by atoms with E-state index in [1.807, 2.05) is 6.92 Å². The summed E-state index contributed by atoms with van der Waals surface area (Å²) >= 11 is 0. The van der Waals surface area contributed by atoms with Crippen LogP contribution in [0.1, 0.15) is 27.2 Å². The summed E-state index contributed by atoms with van der Waals surface area (Å²) < 4.78 is 4.97. The fourth-order valence-electron chi connectivity index (χ4n) is 1.35. The Kier molecular flexibility index (Phi) is 15.5. The number of likely N-dealkylation sites (N-methyl/N-ethyl adjacent to an activating group) is 1. The number of carbonyl (C=O) groups excluding carboxylic acids is 3. The Morgan fingerprint density at radius 2 is 1.96 bits per heavy atom. The number of nitrogens with zero attached hydrogens (tertiary/aromatic N) is 1. The van der Waals surface area contributed by atoms with Gasteiger partial charge in [-0.2, -0.15) is 0 Å². The molecule has 0 aliphatic carbocycles. The zero-order valence-electron chi connectivity index (χ0n) is 14.9. The smallest absolute Gasteiger partial charge is 0.246 e. The molecule has 23 heavy (non-hydrogen) atoms. The molecule has 1 aliphatic rings. The molecule has 1 unspecified atom stereocenters. The van der Waals surface area contributed by atoms with Gasteiger partial charge in [0.25, 0.3) is 0 Å². The van der Waals surface area contributed by atoms with E-state index in [0.717, 1.165) is 18.6 Å². The van der Waals surface area contributed by atoms with Gasteiger partial charge in [0.05, 0.1) is 12.7 Å². The molecule has 0 aromatic rings. The lowest BCUT2D eigenvalue weighted by Crippen LogP contribution is -2.31. The average Bonchev–Trinajstić information content (AvgIpc) is 3.38. The molecule has 1 heterocycles. The van der Waals surface area contributed by atoms with Crippen molar-refractivity contribution < 1.29 is 19.1 Å². The molecule has 0 aromatic heterocycles. The van der Waals surface area contributed by atoms with Crippen LogP contribution in [0.2, 0.25) is 0 Å². The first-order valence-corrected chi connectivity index (χ1v) is 7.75. The van der Waals surface area contributed by atoms with E-state index in [1.165, 1.54) is 18.0 Å². The van der Waals surface area contributed by atoms with Crippen molar-refractivity contribution in [3.63, 3.8) is 0 Å². The minimum Gasteiger partial charge on any atom is -0.373 e. The summed E-state index contributed by atoms with van der Waals surface area (Å²) in [6.07, 6.45) is 3.71. The molecular formula is C16H31N3O4. The highest BCUT2D eigenvalue weighted by Crippen LogP contribution is 2.17. The molecule has 134 valence electrons. The zero-order chi connectivity index (χ0) is 18.3. The molecule has 2 amide bonds. The lowest BCUT2D eigenvalue weighted by atomic mass is 10.2. The number of hydrogen-bond acceptors (Lipinski definition) is 5. The Bertz CT molecular complexity index is 366. The fourth-order valence-corrected chi connectivity index (χ4v) is 1.35. The Hall–Kier alpha value is -1.73. The second kappa shape index (κ2) is 15.2. The molecular weight excluding hydrogens is 298 g/mol. The highest BCUT2D eigenvalue weighted by atomic mass is 16.6. The van der Waals surface area contributed by atoms with Crippen molar-refractivity contribution in [2.24, 2.45) is 11.7 Å². The molecule has 0 bridgehead atoms. The first kappa shape index (κ1) is 23.5. The van der Waals surface area contributed by atoms with Crippen LogP contribution in [0.3, 0.4) is 0 Å². The Morgan fingerprint density at radius 3 is 2.30 bits per heavy atom. The summed E-state index contributed by atoms with van der Waals surface area (Å²) in [6.45, 7) is 8.11. The molecule has 7 nitrogen and oxygen atoms in total. The largest absolute Gasteiger partial charge is 0.373 e. The van der Waals surface area contributed by atoms with E-state index in [2.05, 4.69) is 24.9 Å². The molecule has 1 saturated heterocycles. The highest BCUT2D eigenvalue weighted by molar-refractivity contribution is 5.91. The van der Waals surface area contributed by atoms with E-state index in [9.17, 15) is 14.4 Å². The van der Waals surface area contributed by atoms with Gasteiger partial charge in [-0.1, -0.05) is 13.8 Å². The monoisotopic (exact) mass is 329 g/mol. The third-order valence-corrected chi connectivity index (χ3v) is 2.84. The van der Waals surface area contributed by atoms with E-state index in [4.69, 9.17) is 4.74 Å². The summed E-state index contributed by atoms with van der Waals surface area (Å²) in [5.74, 6) is 0.368. The number of hydrogen-bond donors (Lipinski definition) is 2. The minimum atomic E-state index is -0.286. The van der Waals surface area contributed by atoms with E-state index < -0.39 is 0 Å². The van der Waals surface area contributed by atoms with E-state index in [-0.39, 0.29) is 18.2 Å². The van der Waals surface area contributed by atoms with Crippen LogP contribution in [0.5, 0.6) is 0 Å². The van der Waals surface area contributed by atoms with Gasteiger partial charge in [-0.15, -0.1) is 0 Å². The number of amides is 2. The van der Waals surface area contributed by atoms with Gasteiger partial charge in [-0.25, -0.2) is 0 Å². The second-order valence-electron chi connectivity index (χ2n) is 5.07. The summed E-state index contributed by atoms with van der Waals surface area (Å²) in [5.41, 5.74) is 4.50. The number of rotatable bonds is 7. The molecule has 0 radical (unpaired) electrons. The maximum atomic E-state index is 11.2. The number of carbonyl (C=O) groups is 3. The molecule has 0 aromatic carbocycles. The summed E-state index contributed by atoms with van der Waals surface area (Å²) in [5, 5.41) is 2.63. The van der Waals surface area contributed by atoms with Gasteiger partial charge in [0, 0.05) is 32.6 Å². The van der Waals surface area contributed by atoms with Gasteiger partial charge in [0.2, 0.25) is 11.8 Å². The zero-order valence-corrected chi connectivity index (χ0v) is 14.9. The second-order valence-corrected chi connectivity index (χ2v) is 5.07. The molecule has 7 heteroatoms. The number of allylic oxidation sites excluding steroid dienone is 1. The van der Waals surface area contributed by atoms with Gasteiger partial charge >= 0.3 is 0 Å². The number of ether oxygens (including phenoxy) is 1. The van der Waals surface area contributed by atoms with Crippen LogP contribution in [0, 0.1) is 5.92 Å². The van der Waals surface area contributed by atoms with Crippen LogP contribution in [0.4, 0.5) is 0 Å². The van der Waals surface area contributed by atoms with Crippen LogP contribution in [-0.4, -0.2) is 62.9 Å². The fraction of sp³-hybridized carbons (Fsp3) is 0.688. The summed E-state index contributed by atoms with van der Waals surface area (Å²) in [7, 11) is 3.08.